The van der Waals surface area contributed by atoms with Crippen molar-refractivity contribution in [3.05, 3.63) is 29.8 Å². The first-order chi connectivity index (χ1) is 11.3. The van der Waals surface area contributed by atoms with Crippen molar-refractivity contribution in [2.45, 2.75) is 19.4 Å². The molecule has 24 heavy (non-hydrogen) atoms. The van der Waals surface area contributed by atoms with Crippen LogP contribution in [0.25, 0.3) is 0 Å². The molecule has 1 saturated heterocycles. The Bertz CT molecular complexity index is 717. The second-order valence-corrected chi connectivity index (χ2v) is 8.01. The third-order valence-electron chi connectivity index (χ3n) is 3.92. The maximum atomic E-state index is 12.2. The minimum absolute atomic E-state index is 0.0529. The fraction of sp³-hybridized carbons (Fsp3) is 0.500. The molecule has 0 bridgehead atoms. The van der Waals surface area contributed by atoms with Gasteiger partial charge in [0.2, 0.25) is 5.91 Å². The zero-order valence-electron chi connectivity index (χ0n) is 13.8. The molecule has 1 aromatic carbocycles. The number of carbonyl (C=O) groups is 2. The summed E-state index contributed by atoms with van der Waals surface area (Å²) in [6.45, 7) is 2.01. The number of amides is 1. The summed E-state index contributed by atoms with van der Waals surface area (Å²) >= 11 is 0. The van der Waals surface area contributed by atoms with Gasteiger partial charge in [-0.05, 0) is 32.5 Å². The van der Waals surface area contributed by atoms with E-state index in [9.17, 15) is 18.0 Å². The average Bonchev–Trinajstić information content (AvgIpc) is 2.88. The highest BCUT2D eigenvalue weighted by molar-refractivity contribution is 7.91. The van der Waals surface area contributed by atoms with Crippen molar-refractivity contribution < 1.29 is 22.7 Å². The molecule has 7 nitrogen and oxygen atoms in total. The molecule has 1 aliphatic heterocycles. The summed E-state index contributed by atoms with van der Waals surface area (Å²) in [5, 5.41) is 2.69. The van der Waals surface area contributed by atoms with Crippen LogP contribution in [0.2, 0.25) is 0 Å². The first-order valence-electron chi connectivity index (χ1n) is 7.79. The predicted molar refractivity (Wildman–Crippen MR) is 90.7 cm³/mol. The number of hydrogen-bond donors (Lipinski definition) is 1. The highest BCUT2D eigenvalue weighted by Crippen LogP contribution is 2.18. The number of rotatable bonds is 6. The number of para-hydroxylation sites is 1. The number of nitrogens with one attached hydrogen (secondary N) is 1. The molecule has 0 radical (unpaired) electrons. The zero-order valence-corrected chi connectivity index (χ0v) is 14.6. The highest BCUT2D eigenvalue weighted by Gasteiger charge is 2.31. The van der Waals surface area contributed by atoms with E-state index in [0.29, 0.717) is 17.7 Å². The van der Waals surface area contributed by atoms with Crippen molar-refractivity contribution in [2.24, 2.45) is 0 Å². The molecule has 1 aliphatic rings. The van der Waals surface area contributed by atoms with E-state index in [2.05, 4.69) is 5.32 Å². The lowest BCUT2D eigenvalue weighted by atomic mass is 10.1. The van der Waals surface area contributed by atoms with Gasteiger partial charge in [-0.2, -0.15) is 0 Å². The third-order valence-corrected chi connectivity index (χ3v) is 5.67. The quantitative estimate of drug-likeness (QED) is 0.764. The molecule has 1 unspecified atom stereocenters. The summed E-state index contributed by atoms with van der Waals surface area (Å²) in [5.41, 5.74) is 0.673. The van der Waals surface area contributed by atoms with Crippen molar-refractivity contribution in [1.82, 2.24) is 4.90 Å². The van der Waals surface area contributed by atoms with Crippen LogP contribution in [0.3, 0.4) is 0 Å². The van der Waals surface area contributed by atoms with Crippen LogP contribution < -0.4 is 5.32 Å². The van der Waals surface area contributed by atoms with Crippen LogP contribution in [0.4, 0.5) is 5.69 Å². The largest absolute Gasteiger partial charge is 0.462 e. The Hall–Kier alpha value is -1.93. The number of nitrogens with zero attached hydrogens (tertiary/aromatic N) is 1. The van der Waals surface area contributed by atoms with Gasteiger partial charge in [0.1, 0.15) is 0 Å². The number of sulfone groups is 1. The molecule has 0 spiro atoms. The minimum atomic E-state index is -2.99. The predicted octanol–water partition coefficient (Wildman–Crippen LogP) is 0.921. The summed E-state index contributed by atoms with van der Waals surface area (Å²) in [6.07, 6.45) is 0.533. The molecule has 1 atom stereocenters. The number of ether oxygens (including phenoxy) is 1. The van der Waals surface area contributed by atoms with E-state index in [4.69, 9.17) is 4.74 Å². The van der Waals surface area contributed by atoms with Gasteiger partial charge in [0.25, 0.3) is 0 Å². The average molecular weight is 354 g/mol. The second-order valence-electron chi connectivity index (χ2n) is 5.79. The number of likely N-dealkylation sites (N-methyl/N-ethyl adjacent to an activating group) is 1. The normalized spacial score (nSPS) is 19.2. The number of carbonyl (C=O) groups excluding carboxylic acids is 2. The SMILES string of the molecule is CCOC(=O)c1ccccc1NC(=O)CN(C)C1CCS(=O)(=O)C1. The standard InChI is InChI=1S/C16H22N2O5S/c1-3-23-16(20)13-6-4-5-7-14(13)17-15(19)10-18(2)12-8-9-24(21,22)11-12/h4-7,12H,3,8-11H2,1-2H3,(H,17,19). The van der Waals surface area contributed by atoms with E-state index >= 15 is 0 Å². The number of esters is 1. The molecule has 1 heterocycles. The second kappa shape index (κ2) is 7.76. The van der Waals surface area contributed by atoms with Crippen LogP contribution in [0.1, 0.15) is 23.7 Å². The van der Waals surface area contributed by atoms with Crippen LogP contribution in [0.15, 0.2) is 24.3 Å². The van der Waals surface area contributed by atoms with Crippen LogP contribution >= 0.6 is 0 Å². The molecule has 132 valence electrons. The molecule has 0 aliphatic carbocycles. The van der Waals surface area contributed by atoms with Crippen molar-refractivity contribution in [3.63, 3.8) is 0 Å². The van der Waals surface area contributed by atoms with Crippen molar-refractivity contribution >= 4 is 27.4 Å². The van der Waals surface area contributed by atoms with Crippen molar-refractivity contribution in [1.29, 1.82) is 0 Å². The van der Waals surface area contributed by atoms with Gasteiger partial charge in [-0.15, -0.1) is 0 Å². The van der Waals surface area contributed by atoms with E-state index in [1.54, 1.807) is 43.1 Å². The Morgan fingerprint density at radius 2 is 2.04 bits per heavy atom. The fourth-order valence-corrected chi connectivity index (χ4v) is 4.45. The number of benzene rings is 1. The minimum Gasteiger partial charge on any atom is -0.462 e. The van der Waals surface area contributed by atoms with Gasteiger partial charge in [-0.25, -0.2) is 13.2 Å². The fourth-order valence-electron chi connectivity index (χ4n) is 2.65. The smallest absolute Gasteiger partial charge is 0.340 e. The Labute approximate surface area is 141 Å². The molecule has 1 aromatic rings. The van der Waals surface area contributed by atoms with Gasteiger partial charge >= 0.3 is 5.97 Å². The molecule has 0 saturated carbocycles. The van der Waals surface area contributed by atoms with E-state index < -0.39 is 15.8 Å². The van der Waals surface area contributed by atoms with Gasteiger partial charge in [0.15, 0.2) is 9.84 Å². The third kappa shape index (κ3) is 4.78. The van der Waals surface area contributed by atoms with Gasteiger partial charge in [0.05, 0.1) is 35.9 Å². The molecule has 1 amide bonds. The Kier molecular flexibility index (Phi) is 5.95. The lowest BCUT2D eigenvalue weighted by Crippen LogP contribution is -2.38. The van der Waals surface area contributed by atoms with E-state index in [0.717, 1.165) is 0 Å². The Balaban J connectivity index is 1.99. The molecular weight excluding hydrogens is 332 g/mol. The van der Waals surface area contributed by atoms with E-state index in [-0.39, 0.29) is 36.6 Å². The van der Waals surface area contributed by atoms with Gasteiger partial charge in [0, 0.05) is 6.04 Å². The summed E-state index contributed by atoms with van der Waals surface area (Å²) in [4.78, 5) is 25.8. The molecular formula is C16H22N2O5S. The van der Waals surface area contributed by atoms with Crippen molar-refractivity contribution in [2.75, 3.05) is 37.0 Å². The van der Waals surface area contributed by atoms with Gasteiger partial charge in [-0.1, -0.05) is 12.1 Å². The number of hydrogen-bond acceptors (Lipinski definition) is 6. The monoisotopic (exact) mass is 354 g/mol. The first kappa shape index (κ1) is 18.4. The summed E-state index contributed by atoms with van der Waals surface area (Å²) in [6, 6.07) is 6.47. The topological polar surface area (TPSA) is 92.8 Å². The lowest BCUT2D eigenvalue weighted by Gasteiger charge is -2.22. The summed E-state index contributed by atoms with van der Waals surface area (Å²) in [7, 11) is -1.27. The Morgan fingerprint density at radius 3 is 2.67 bits per heavy atom. The van der Waals surface area contributed by atoms with Gasteiger partial charge < -0.3 is 10.1 Å². The van der Waals surface area contributed by atoms with Crippen LogP contribution in [-0.4, -0.2) is 62.9 Å². The summed E-state index contributed by atoms with van der Waals surface area (Å²) in [5.74, 6) is -0.562. The van der Waals surface area contributed by atoms with Crippen LogP contribution in [0.5, 0.6) is 0 Å². The van der Waals surface area contributed by atoms with E-state index in [1.807, 2.05) is 0 Å². The zero-order chi connectivity index (χ0) is 17.7. The number of anilines is 1. The Morgan fingerprint density at radius 1 is 1.33 bits per heavy atom. The van der Waals surface area contributed by atoms with Gasteiger partial charge in [-0.3, -0.25) is 9.69 Å². The van der Waals surface area contributed by atoms with Crippen molar-refractivity contribution in [3.8, 4) is 0 Å². The van der Waals surface area contributed by atoms with E-state index in [1.165, 1.54) is 0 Å². The maximum absolute atomic E-state index is 12.2. The summed E-state index contributed by atoms with van der Waals surface area (Å²) < 4.78 is 28.0. The molecule has 8 heteroatoms. The molecule has 1 N–H and O–H groups in total. The molecule has 1 fully saturated rings. The first-order valence-corrected chi connectivity index (χ1v) is 9.61. The van der Waals surface area contributed by atoms with Crippen LogP contribution in [0, 0.1) is 0 Å². The molecule has 0 aromatic heterocycles. The lowest BCUT2D eigenvalue weighted by molar-refractivity contribution is -0.117. The molecule has 2 rings (SSSR count). The highest BCUT2D eigenvalue weighted by atomic mass is 32.2. The van der Waals surface area contributed by atoms with Crippen LogP contribution in [-0.2, 0) is 19.4 Å². The maximum Gasteiger partial charge on any atom is 0.340 e.